The summed E-state index contributed by atoms with van der Waals surface area (Å²) in [4.78, 5) is 24.3. The van der Waals surface area contributed by atoms with Gasteiger partial charge in [-0.3, -0.25) is 10.1 Å². The molecule has 1 aliphatic rings. The number of carbonyl (C=O) groups excluding carboxylic acids is 2. The zero-order chi connectivity index (χ0) is 20.3. The van der Waals surface area contributed by atoms with E-state index >= 15 is 0 Å². The molecule has 8 heteroatoms. The Balaban J connectivity index is 1.83. The number of ether oxygens (including phenoxy) is 2. The van der Waals surface area contributed by atoms with Crippen molar-refractivity contribution < 1.29 is 24.2 Å². The van der Waals surface area contributed by atoms with Gasteiger partial charge in [-0.15, -0.1) is 0 Å². The minimum atomic E-state index is -1.22. The maximum atomic E-state index is 12.3. The highest BCUT2D eigenvalue weighted by Gasteiger charge is 2.26. The van der Waals surface area contributed by atoms with Crippen LogP contribution in [0.5, 0.6) is 11.5 Å². The van der Waals surface area contributed by atoms with E-state index in [9.17, 15) is 14.7 Å². The first-order chi connectivity index (χ1) is 13.4. The minimum absolute atomic E-state index is 0.0607. The van der Waals surface area contributed by atoms with E-state index in [1.54, 1.807) is 30.3 Å². The van der Waals surface area contributed by atoms with Crippen LogP contribution in [0.15, 0.2) is 48.0 Å². The average Bonchev–Trinajstić information content (AvgIpc) is 2.66. The topological polar surface area (TPSA) is 96.9 Å². The van der Waals surface area contributed by atoms with Crippen LogP contribution in [0.2, 0.25) is 0 Å². The molecule has 2 aromatic rings. The lowest BCUT2D eigenvalue weighted by Gasteiger charge is -2.23. The molecule has 1 unspecified atom stereocenters. The highest BCUT2D eigenvalue weighted by molar-refractivity contribution is 7.80. The molecule has 0 radical (unpaired) electrons. The van der Waals surface area contributed by atoms with E-state index in [-0.39, 0.29) is 16.4 Å². The summed E-state index contributed by atoms with van der Waals surface area (Å²) in [5, 5.41) is 15.0. The van der Waals surface area contributed by atoms with Gasteiger partial charge in [-0.2, -0.15) is 0 Å². The lowest BCUT2D eigenvalue weighted by molar-refractivity contribution is -0.117. The third-order valence-electron chi connectivity index (χ3n) is 4.05. The van der Waals surface area contributed by atoms with E-state index in [0.717, 1.165) is 5.56 Å². The molecular formula is C20H18N2O5S. The third kappa shape index (κ3) is 4.36. The van der Waals surface area contributed by atoms with Crippen LogP contribution >= 0.6 is 12.2 Å². The van der Waals surface area contributed by atoms with E-state index in [1.807, 2.05) is 19.1 Å². The number of carbonyl (C=O) groups is 2. The van der Waals surface area contributed by atoms with Crippen molar-refractivity contribution in [2.24, 2.45) is 0 Å². The van der Waals surface area contributed by atoms with Gasteiger partial charge in [0.05, 0.1) is 18.2 Å². The summed E-state index contributed by atoms with van der Waals surface area (Å²) >= 11 is 4.82. The van der Waals surface area contributed by atoms with E-state index in [1.165, 1.54) is 13.2 Å². The van der Waals surface area contributed by atoms with Crippen LogP contribution in [0, 0.1) is 6.92 Å². The van der Waals surface area contributed by atoms with Gasteiger partial charge in [0, 0.05) is 0 Å². The first kappa shape index (κ1) is 19.5. The van der Waals surface area contributed by atoms with E-state index in [4.69, 9.17) is 21.7 Å². The number of aliphatic hydroxyl groups excluding tert-OH is 1. The number of nitrogens with one attached hydrogen (secondary N) is 2. The number of thiocarbonyl (C=S) groups is 1. The SMILES string of the molecule is COc1cc(/C=C2/C(=O)NC(=S)NC2O)ccc1OC(=O)c1ccc(C)cc1. The Morgan fingerprint density at radius 3 is 2.54 bits per heavy atom. The number of benzene rings is 2. The molecule has 1 atom stereocenters. The van der Waals surface area contributed by atoms with Gasteiger partial charge in [-0.05, 0) is 55.0 Å². The molecule has 1 heterocycles. The van der Waals surface area contributed by atoms with E-state index < -0.39 is 18.1 Å². The fourth-order valence-corrected chi connectivity index (χ4v) is 2.77. The zero-order valence-corrected chi connectivity index (χ0v) is 16.0. The molecule has 0 bridgehead atoms. The number of aryl methyl sites for hydroxylation is 1. The van der Waals surface area contributed by atoms with Crippen LogP contribution in [-0.4, -0.2) is 35.4 Å². The fraction of sp³-hybridized carbons (Fsp3) is 0.150. The highest BCUT2D eigenvalue weighted by atomic mass is 32.1. The van der Waals surface area contributed by atoms with Crippen molar-refractivity contribution >= 4 is 35.3 Å². The van der Waals surface area contributed by atoms with Crippen LogP contribution in [0.3, 0.4) is 0 Å². The van der Waals surface area contributed by atoms with Crippen molar-refractivity contribution in [3.05, 3.63) is 64.7 Å². The predicted octanol–water partition coefficient (Wildman–Crippen LogP) is 1.93. The van der Waals surface area contributed by atoms with Crippen molar-refractivity contribution in [3.63, 3.8) is 0 Å². The van der Waals surface area contributed by atoms with Crippen molar-refractivity contribution in [2.75, 3.05) is 7.11 Å². The first-order valence-electron chi connectivity index (χ1n) is 8.36. The number of amides is 1. The Morgan fingerprint density at radius 1 is 1.18 bits per heavy atom. The highest BCUT2D eigenvalue weighted by Crippen LogP contribution is 2.30. The largest absolute Gasteiger partial charge is 0.493 e. The molecule has 3 N–H and O–H groups in total. The van der Waals surface area contributed by atoms with Crippen molar-refractivity contribution in [2.45, 2.75) is 13.2 Å². The quantitative estimate of drug-likeness (QED) is 0.313. The van der Waals surface area contributed by atoms with Gasteiger partial charge >= 0.3 is 5.97 Å². The standard InChI is InChI=1S/C20H18N2O5S/c1-11-3-6-13(7-4-11)19(25)27-15-8-5-12(10-16(15)26-2)9-14-17(23)21-20(28)22-18(14)24/h3-10,17,23H,1-2H3,(H2,21,22,24,28)/b14-9+. The molecule has 0 spiro atoms. The van der Waals surface area contributed by atoms with Gasteiger partial charge in [-0.25, -0.2) is 4.79 Å². The molecule has 1 saturated heterocycles. The molecule has 1 fully saturated rings. The van der Waals surface area contributed by atoms with Crippen LogP contribution < -0.4 is 20.1 Å². The van der Waals surface area contributed by atoms with E-state index in [2.05, 4.69) is 10.6 Å². The lowest BCUT2D eigenvalue weighted by atomic mass is 10.1. The number of aliphatic hydroxyl groups is 1. The Morgan fingerprint density at radius 2 is 1.89 bits per heavy atom. The Kier molecular flexibility index (Phi) is 5.72. The van der Waals surface area contributed by atoms with Crippen LogP contribution in [0.4, 0.5) is 0 Å². The Bertz CT molecular complexity index is 969. The third-order valence-corrected chi connectivity index (χ3v) is 4.27. The second-order valence-corrected chi connectivity index (χ2v) is 6.50. The summed E-state index contributed by atoms with van der Waals surface area (Å²) in [6, 6.07) is 11.8. The minimum Gasteiger partial charge on any atom is -0.493 e. The zero-order valence-electron chi connectivity index (χ0n) is 15.2. The fourth-order valence-electron chi connectivity index (χ4n) is 2.57. The summed E-state index contributed by atoms with van der Waals surface area (Å²) in [6.45, 7) is 1.93. The van der Waals surface area contributed by atoms with Gasteiger partial charge in [0.1, 0.15) is 0 Å². The predicted molar refractivity (Wildman–Crippen MR) is 107 cm³/mol. The Hall–Kier alpha value is -3.23. The maximum absolute atomic E-state index is 12.3. The number of hydrogen-bond acceptors (Lipinski definition) is 6. The number of rotatable bonds is 4. The van der Waals surface area contributed by atoms with Crippen molar-refractivity contribution in [1.29, 1.82) is 0 Å². The molecule has 1 amide bonds. The smallest absolute Gasteiger partial charge is 0.343 e. The van der Waals surface area contributed by atoms with E-state index in [0.29, 0.717) is 16.9 Å². The monoisotopic (exact) mass is 398 g/mol. The van der Waals surface area contributed by atoms with Crippen LogP contribution in [0.25, 0.3) is 6.08 Å². The number of hydrogen-bond donors (Lipinski definition) is 3. The van der Waals surface area contributed by atoms with Gasteiger partial charge in [0.25, 0.3) is 5.91 Å². The van der Waals surface area contributed by atoms with Crippen LogP contribution in [0.1, 0.15) is 21.5 Å². The number of methoxy groups -OCH3 is 1. The molecule has 28 heavy (non-hydrogen) atoms. The summed E-state index contributed by atoms with van der Waals surface area (Å²) in [6.07, 6.45) is 0.273. The molecule has 0 aromatic heterocycles. The van der Waals surface area contributed by atoms with Gasteiger partial charge in [0.15, 0.2) is 22.8 Å². The lowest BCUT2D eigenvalue weighted by Crippen LogP contribution is -2.53. The second-order valence-electron chi connectivity index (χ2n) is 6.10. The normalized spacial score (nSPS) is 17.7. The summed E-state index contributed by atoms with van der Waals surface area (Å²) < 4.78 is 10.7. The van der Waals surface area contributed by atoms with Gasteiger partial charge in [0.2, 0.25) is 0 Å². The van der Waals surface area contributed by atoms with Crippen molar-refractivity contribution in [1.82, 2.24) is 10.6 Å². The first-order valence-corrected chi connectivity index (χ1v) is 8.76. The molecule has 0 aliphatic carbocycles. The molecule has 2 aromatic carbocycles. The molecule has 144 valence electrons. The Labute approximate surface area is 167 Å². The summed E-state index contributed by atoms with van der Waals surface area (Å²) in [5.74, 6) is -0.457. The molecular weight excluding hydrogens is 380 g/mol. The van der Waals surface area contributed by atoms with Crippen molar-refractivity contribution in [3.8, 4) is 11.5 Å². The average molecular weight is 398 g/mol. The molecule has 1 aliphatic heterocycles. The maximum Gasteiger partial charge on any atom is 0.343 e. The van der Waals surface area contributed by atoms with Crippen LogP contribution in [-0.2, 0) is 4.79 Å². The molecule has 7 nitrogen and oxygen atoms in total. The molecule has 3 rings (SSSR count). The summed E-state index contributed by atoms with van der Waals surface area (Å²) in [7, 11) is 1.44. The summed E-state index contributed by atoms with van der Waals surface area (Å²) in [5.41, 5.74) is 2.13. The van der Waals surface area contributed by atoms with Gasteiger partial charge in [-0.1, -0.05) is 23.8 Å². The second kappa shape index (κ2) is 8.20. The number of esters is 1. The van der Waals surface area contributed by atoms with Gasteiger partial charge < -0.3 is 19.9 Å². The molecule has 0 saturated carbocycles.